The zero-order valence-electron chi connectivity index (χ0n) is 17.8. The van der Waals surface area contributed by atoms with Crippen LogP contribution in [0.5, 0.6) is 0 Å². The summed E-state index contributed by atoms with van der Waals surface area (Å²) in [5.41, 5.74) is 2.21. The van der Waals surface area contributed by atoms with Gasteiger partial charge in [-0.05, 0) is 13.8 Å². The van der Waals surface area contributed by atoms with Gasteiger partial charge in [0.05, 0.1) is 5.90 Å². The van der Waals surface area contributed by atoms with Crippen molar-refractivity contribution in [2.24, 2.45) is 0 Å². The first-order valence-electron chi connectivity index (χ1n) is 10.4. The van der Waals surface area contributed by atoms with E-state index in [2.05, 4.69) is 0 Å². The van der Waals surface area contributed by atoms with E-state index in [4.69, 9.17) is 0 Å². The Labute approximate surface area is 184 Å². The van der Waals surface area contributed by atoms with Gasteiger partial charge >= 0.3 is 0 Å². The molecule has 0 heterocycles. The number of benzene rings is 4. The van der Waals surface area contributed by atoms with Crippen LogP contribution in [0.25, 0.3) is 0 Å². The highest BCUT2D eigenvalue weighted by Crippen LogP contribution is 2.59. The van der Waals surface area contributed by atoms with Crippen molar-refractivity contribution < 1.29 is 9.13 Å². The monoisotopic (exact) mass is 444 g/mol. The van der Waals surface area contributed by atoms with Gasteiger partial charge in [-0.15, -0.1) is 0 Å². The molecule has 2 atom stereocenters. The molecule has 156 valence electrons. The third-order valence-electron chi connectivity index (χ3n) is 5.65. The molecule has 4 aromatic carbocycles. The van der Waals surface area contributed by atoms with Gasteiger partial charge in [0.15, 0.2) is 14.3 Å². The Morgan fingerprint density at radius 3 is 1.06 bits per heavy atom. The van der Waals surface area contributed by atoms with Crippen molar-refractivity contribution >= 4 is 35.5 Å². The van der Waals surface area contributed by atoms with Crippen molar-refractivity contribution in [2.45, 2.75) is 13.8 Å². The first-order valence-corrected chi connectivity index (χ1v) is 14.1. The molecule has 31 heavy (non-hydrogen) atoms. The first-order chi connectivity index (χ1) is 14.9. The van der Waals surface area contributed by atoms with Crippen molar-refractivity contribution in [3.8, 4) is 0 Å². The van der Waals surface area contributed by atoms with Gasteiger partial charge < -0.3 is 9.13 Å². The zero-order chi connectivity index (χ0) is 21.9. The molecule has 2 unspecified atom stereocenters. The molecule has 0 N–H and O–H groups in total. The molecule has 2 nitrogen and oxygen atoms in total. The van der Waals surface area contributed by atoms with Crippen LogP contribution in [0.3, 0.4) is 0 Å². The van der Waals surface area contributed by atoms with E-state index >= 15 is 0 Å². The summed E-state index contributed by atoms with van der Waals surface area (Å²) in [4.78, 5) is 0. The van der Waals surface area contributed by atoms with Crippen LogP contribution < -0.4 is 21.2 Å². The highest BCUT2D eigenvalue weighted by Gasteiger charge is 2.39. The molecule has 0 aromatic heterocycles. The molecule has 0 aliphatic carbocycles. The molecular weight excluding hydrogens is 418 g/mol. The summed E-state index contributed by atoms with van der Waals surface area (Å²) in [6, 6.07) is 34.6. The van der Waals surface area contributed by atoms with E-state index in [0.717, 1.165) is 32.3 Å². The maximum absolute atomic E-state index is 14.8. The van der Waals surface area contributed by atoms with E-state index in [1.807, 2.05) is 123 Å². The fourth-order valence-corrected chi connectivity index (χ4v) is 11.8. The maximum Gasteiger partial charge on any atom is 0.150 e. The normalized spacial score (nSPS) is 15.0. The molecule has 0 amide bonds. The van der Waals surface area contributed by atoms with Gasteiger partial charge in [0, 0.05) is 21.2 Å². The predicted octanol–water partition coefficient (Wildman–Crippen LogP) is 5.59. The molecule has 4 rings (SSSR count). The smallest absolute Gasteiger partial charge is 0.150 e. The van der Waals surface area contributed by atoms with Gasteiger partial charge in [0.1, 0.15) is 0 Å². The fourth-order valence-electron chi connectivity index (χ4n) is 3.81. The lowest BCUT2D eigenvalue weighted by molar-refractivity contribution is 0.582. The molecule has 0 saturated carbocycles. The summed E-state index contributed by atoms with van der Waals surface area (Å²) in [5.74, 6) is 0.0835. The van der Waals surface area contributed by atoms with Crippen LogP contribution in [0, 0.1) is 13.8 Å². The highest BCUT2D eigenvalue weighted by atomic mass is 31.2. The second kappa shape index (κ2) is 8.83. The minimum absolute atomic E-state index is 0.0835. The van der Waals surface area contributed by atoms with Gasteiger partial charge in [-0.3, -0.25) is 0 Å². The minimum atomic E-state index is -3.17. The van der Waals surface area contributed by atoms with Crippen LogP contribution in [-0.2, 0) is 9.13 Å². The molecule has 0 radical (unpaired) electrons. The van der Waals surface area contributed by atoms with Gasteiger partial charge in [-0.25, -0.2) is 0 Å². The average molecular weight is 444 g/mol. The Balaban J connectivity index is 1.93. The number of aryl methyl sites for hydroxylation is 2. The van der Waals surface area contributed by atoms with E-state index in [1.54, 1.807) is 0 Å². The summed E-state index contributed by atoms with van der Waals surface area (Å²) in [5, 5.41) is 2.96. The van der Waals surface area contributed by atoms with E-state index in [1.165, 1.54) is 0 Å². The quantitative estimate of drug-likeness (QED) is 0.364. The predicted molar refractivity (Wildman–Crippen MR) is 134 cm³/mol. The standard InChI is InChI=1S/C27H26O2P2/c1-22-13-17-26(18-14-22)30(28,24-9-5-3-6-10-24)21-31(29,25-11-7-4-8-12-25)27-19-15-23(2)16-20-27/h3-20H,21H2,1-2H3. The van der Waals surface area contributed by atoms with Crippen LogP contribution >= 0.6 is 14.3 Å². The van der Waals surface area contributed by atoms with Crippen LogP contribution in [0.4, 0.5) is 0 Å². The summed E-state index contributed by atoms with van der Waals surface area (Å²) in [6.07, 6.45) is 0. The van der Waals surface area contributed by atoms with Gasteiger partial charge in [-0.1, -0.05) is 120 Å². The summed E-state index contributed by atoms with van der Waals surface area (Å²) in [6.45, 7) is 4.02. The second-order valence-corrected chi connectivity index (χ2v) is 14.1. The van der Waals surface area contributed by atoms with E-state index in [0.29, 0.717) is 0 Å². The zero-order valence-corrected chi connectivity index (χ0v) is 19.6. The third kappa shape index (κ3) is 4.38. The van der Waals surface area contributed by atoms with E-state index in [-0.39, 0.29) is 5.90 Å². The van der Waals surface area contributed by atoms with Crippen LogP contribution in [0.15, 0.2) is 109 Å². The molecule has 0 aliphatic heterocycles. The van der Waals surface area contributed by atoms with Crippen molar-refractivity contribution in [3.05, 3.63) is 120 Å². The number of hydrogen-bond acceptors (Lipinski definition) is 2. The molecule has 0 fully saturated rings. The van der Waals surface area contributed by atoms with Gasteiger partial charge in [0.2, 0.25) is 0 Å². The Morgan fingerprint density at radius 1 is 0.452 bits per heavy atom. The lowest BCUT2D eigenvalue weighted by Crippen LogP contribution is -2.25. The number of hydrogen-bond donors (Lipinski definition) is 0. The summed E-state index contributed by atoms with van der Waals surface area (Å²) in [7, 11) is -6.34. The van der Waals surface area contributed by atoms with E-state index < -0.39 is 14.3 Å². The maximum atomic E-state index is 14.8. The fraction of sp³-hybridized carbons (Fsp3) is 0.111. The van der Waals surface area contributed by atoms with Crippen LogP contribution in [-0.4, -0.2) is 5.90 Å². The average Bonchev–Trinajstić information content (AvgIpc) is 2.81. The first kappa shape index (κ1) is 21.6. The Bertz CT molecular complexity index is 1150. The molecule has 4 heteroatoms. The highest BCUT2D eigenvalue weighted by molar-refractivity contribution is 7.94. The molecule has 0 aliphatic rings. The second-order valence-electron chi connectivity index (χ2n) is 7.96. The lowest BCUT2D eigenvalue weighted by atomic mass is 10.2. The topological polar surface area (TPSA) is 34.1 Å². The minimum Gasteiger partial charge on any atom is -0.313 e. The molecular formula is C27H26O2P2. The van der Waals surface area contributed by atoms with Crippen LogP contribution in [0.1, 0.15) is 11.1 Å². The summed E-state index contributed by atoms with van der Waals surface area (Å²) >= 11 is 0. The summed E-state index contributed by atoms with van der Waals surface area (Å²) < 4.78 is 29.6. The van der Waals surface area contributed by atoms with Crippen molar-refractivity contribution in [1.29, 1.82) is 0 Å². The SMILES string of the molecule is Cc1ccc(P(=O)(CP(=O)(c2ccccc2)c2ccc(C)cc2)c2ccccc2)cc1. The lowest BCUT2D eigenvalue weighted by Gasteiger charge is -2.26. The molecule has 0 spiro atoms. The molecule has 0 saturated heterocycles. The molecule has 4 aromatic rings. The third-order valence-corrected chi connectivity index (χ3v) is 13.4. The van der Waals surface area contributed by atoms with Crippen molar-refractivity contribution in [1.82, 2.24) is 0 Å². The van der Waals surface area contributed by atoms with E-state index in [9.17, 15) is 9.13 Å². The van der Waals surface area contributed by atoms with Crippen molar-refractivity contribution in [2.75, 3.05) is 5.90 Å². The van der Waals surface area contributed by atoms with Gasteiger partial charge in [-0.2, -0.15) is 0 Å². The van der Waals surface area contributed by atoms with Gasteiger partial charge in [0.25, 0.3) is 0 Å². The van der Waals surface area contributed by atoms with Crippen LogP contribution in [0.2, 0.25) is 0 Å². The Kier molecular flexibility index (Phi) is 6.15. The molecule has 0 bridgehead atoms. The van der Waals surface area contributed by atoms with Crippen molar-refractivity contribution in [3.63, 3.8) is 0 Å². The Morgan fingerprint density at radius 2 is 0.742 bits per heavy atom. The number of rotatable bonds is 6. The largest absolute Gasteiger partial charge is 0.313 e. The Hall–Kier alpha value is -2.66.